The van der Waals surface area contributed by atoms with Crippen molar-refractivity contribution in [1.82, 2.24) is 0 Å². The van der Waals surface area contributed by atoms with Gasteiger partial charge in [-0.15, -0.1) is 0 Å². The van der Waals surface area contributed by atoms with Crippen LogP contribution in [0.15, 0.2) is 29.0 Å². The van der Waals surface area contributed by atoms with Crippen molar-refractivity contribution in [1.29, 1.82) is 0 Å². The molecule has 0 aromatic heterocycles. The van der Waals surface area contributed by atoms with E-state index in [0.717, 1.165) is 11.1 Å². The molecule has 0 atom stereocenters. The highest BCUT2D eigenvalue weighted by atomic mass is 32.1. The van der Waals surface area contributed by atoms with Gasteiger partial charge in [0, 0.05) is 10.9 Å². The summed E-state index contributed by atoms with van der Waals surface area (Å²) in [6, 6.07) is 5.63. The van der Waals surface area contributed by atoms with Crippen molar-refractivity contribution < 1.29 is 5.11 Å². The van der Waals surface area contributed by atoms with E-state index in [1.807, 2.05) is 22.9 Å². The maximum Gasteiger partial charge on any atom is 0.124 e. The first kappa shape index (κ1) is 5.74. The van der Waals surface area contributed by atoms with Crippen LogP contribution in [0.25, 0.3) is 11.1 Å². The molecule has 0 aromatic rings. The van der Waals surface area contributed by atoms with Gasteiger partial charge < -0.3 is 5.11 Å². The second-order valence-corrected chi connectivity index (χ2v) is 2.92. The molecule has 1 aliphatic heterocycles. The molecule has 50 valence electrons. The third-order valence-electron chi connectivity index (χ3n) is 1.52. The fourth-order valence-corrected chi connectivity index (χ4v) is 1.69. The van der Waals surface area contributed by atoms with E-state index in [9.17, 15) is 5.11 Å². The van der Waals surface area contributed by atoms with Crippen molar-refractivity contribution in [3.63, 3.8) is 0 Å². The average molecular weight is 150 g/mol. The number of hydrogen-bond acceptors (Lipinski definition) is 2. The van der Waals surface area contributed by atoms with Crippen LogP contribution in [0.3, 0.4) is 0 Å². The summed E-state index contributed by atoms with van der Waals surface area (Å²) in [5.74, 6) is 0.381. The third kappa shape index (κ3) is 0.693. The van der Waals surface area contributed by atoms with Gasteiger partial charge >= 0.3 is 0 Å². The Bertz CT molecular complexity index is 313. The predicted octanol–water partition coefficient (Wildman–Crippen LogP) is 2.56. The van der Waals surface area contributed by atoms with Gasteiger partial charge in [0.15, 0.2) is 0 Å². The molecule has 0 fully saturated rings. The predicted molar refractivity (Wildman–Crippen MR) is 42.6 cm³/mol. The molecule has 0 saturated heterocycles. The zero-order valence-electron chi connectivity index (χ0n) is 5.24. The molecule has 0 spiro atoms. The smallest absolute Gasteiger partial charge is 0.124 e. The molecule has 0 aromatic carbocycles. The Kier molecular flexibility index (Phi) is 1.14. The molecule has 2 heteroatoms. The summed E-state index contributed by atoms with van der Waals surface area (Å²) in [6.07, 6.45) is 0. The lowest BCUT2D eigenvalue weighted by molar-refractivity contribution is 0.479. The van der Waals surface area contributed by atoms with E-state index < -0.39 is 0 Å². The van der Waals surface area contributed by atoms with Gasteiger partial charge in [-0.3, -0.25) is 0 Å². The minimum Gasteiger partial charge on any atom is -0.507 e. The summed E-state index contributed by atoms with van der Waals surface area (Å²) in [6.45, 7) is 0. The molecule has 2 aliphatic rings. The largest absolute Gasteiger partial charge is 0.507 e. The first-order chi connectivity index (χ1) is 4.88. The first-order valence-corrected chi connectivity index (χ1v) is 3.96. The van der Waals surface area contributed by atoms with Crippen LogP contribution in [0.2, 0.25) is 0 Å². The van der Waals surface area contributed by atoms with E-state index >= 15 is 0 Å². The molecule has 2 rings (SSSR count). The lowest BCUT2D eigenvalue weighted by Crippen LogP contribution is -1.66. The topological polar surface area (TPSA) is 20.2 Å². The van der Waals surface area contributed by atoms with E-state index in [0.29, 0.717) is 5.75 Å². The van der Waals surface area contributed by atoms with Gasteiger partial charge in [-0.25, -0.2) is 0 Å². The SMILES string of the molecule is Oc1ccc2ccscc1-2. The van der Waals surface area contributed by atoms with E-state index in [1.165, 1.54) is 0 Å². The maximum absolute atomic E-state index is 9.22. The van der Waals surface area contributed by atoms with E-state index in [-0.39, 0.29) is 0 Å². The number of aromatic hydroxyl groups is 1. The summed E-state index contributed by atoms with van der Waals surface area (Å²) < 4.78 is 0. The van der Waals surface area contributed by atoms with Crippen LogP contribution in [0.1, 0.15) is 0 Å². The lowest BCUT2D eigenvalue weighted by Gasteiger charge is -1.94. The van der Waals surface area contributed by atoms with Crippen molar-refractivity contribution >= 4 is 11.3 Å². The Morgan fingerprint density at radius 1 is 1.20 bits per heavy atom. The average Bonchev–Trinajstić information content (AvgIpc) is 2.34. The van der Waals surface area contributed by atoms with Crippen molar-refractivity contribution in [2.75, 3.05) is 0 Å². The van der Waals surface area contributed by atoms with E-state index in [1.54, 1.807) is 17.4 Å². The standard InChI is InChI=1S/C8H6OS/c9-8-2-1-6-3-4-10-5-7(6)8/h1-5,9H. The van der Waals surface area contributed by atoms with Crippen molar-refractivity contribution in [3.8, 4) is 16.9 Å². The summed E-state index contributed by atoms with van der Waals surface area (Å²) in [5, 5.41) is 13.2. The minimum atomic E-state index is 0.381. The Morgan fingerprint density at radius 3 is 2.90 bits per heavy atom. The van der Waals surface area contributed by atoms with Gasteiger partial charge in [0.2, 0.25) is 0 Å². The third-order valence-corrected chi connectivity index (χ3v) is 2.18. The Balaban J connectivity index is 2.78. The summed E-state index contributed by atoms with van der Waals surface area (Å²) >= 11 is 1.59. The molecule has 1 N–H and O–H groups in total. The zero-order chi connectivity index (χ0) is 6.97. The van der Waals surface area contributed by atoms with Crippen LogP contribution in [0, 0.1) is 0 Å². The van der Waals surface area contributed by atoms with Gasteiger partial charge in [-0.2, -0.15) is 11.3 Å². The quantitative estimate of drug-likeness (QED) is 0.612. The fourth-order valence-electron chi connectivity index (χ4n) is 0.990. The molecule has 0 radical (unpaired) electrons. The van der Waals surface area contributed by atoms with Gasteiger partial charge in [0.1, 0.15) is 5.75 Å². The van der Waals surface area contributed by atoms with Crippen LogP contribution in [-0.2, 0) is 0 Å². The van der Waals surface area contributed by atoms with Crippen molar-refractivity contribution in [3.05, 3.63) is 29.0 Å². The molecule has 1 aliphatic carbocycles. The highest BCUT2D eigenvalue weighted by molar-refractivity contribution is 7.08. The second-order valence-electron chi connectivity index (χ2n) is 2.14. The molecule has 0 bridgehead atoms. The van der Waals surface area contributed by atoms with E-state index in [4.69, 9.17) is 0 Å². The molecule has 0 saturated carbocycles. The summed E-state index contributed by atoms with van der Waals surface area (Å²) in [7, 11) is 0. The highest BCUT2D eigenvalue weighted by Crippen LogP contribution is 2.33. The van der Waals surface area contributed by atoms with Crippen LogP contribution in [0.5, 0.6) is 5.75 Å². The van der Waals surface area contributed by atoms with Crippen LogP contribution in [0.4, 0.5) is 0 Å². The molecule has 10 heavy (non-hydrogen) atoms. The molecular weight excluding hydrogens is 144 g/mol. The van der Waals surface area contributed by atoms with E-state index in [2.05, 4.69) is 0 Å². The fraction of sp³-hybridized carbons (Fsp3) is 0. The van der Waals surface area contributed by atoms with Gasteiger partial charge in [0.05, 0.1) is 0 Å². The Hall–Kier alpha value is -1.02. The van der Waals surface area contributed by atoms with Crippen molar-refractivity contribution in [2.45, 2.75) is 0 Å². The van der Waals surface area contributed by atoms with Crippen LogP contribution < -0.4 is 0 Å². The first-order valence-electron chi connectivity index (χ1n) is 3.02. The van der Waals surface area contributed by atoms with Gasteiger partial charge in [0.25, 0.3) is 0 Å². The summed E-state index contributed by atoms with van der Waals surface area (Å²) in [5.41, 5.74) is 2.06. The van der Waals surface area contributed by atoms with Crippen LogP contribution in [-0.4, -0.2) is 5.11 Å². The summed E-state index contributed by atoms with van der Waals surface area (Å²) in [4.78, 5) is 0. The number of rotatable bonds is 0. The normalized spacial score (nSPS) is 10.4. The molecular formula is C8H6OS. The number of hydrogen-bond donors (Lipinski definition) is 1. The molecule has 1 heterocycles. The zero-order valence-corrected chi connectivity index (χ0v) is 6.06. The minimum absolute atomic E-state index is 0.381. The monoisotopic (exact) mass is 150 g/mol. The molecule has 1 nitrogen and oxygen atoms in total. The lowest BCUT2D eigenvalue weighted by atomic mass is 10.2. The number of fused-ring (bicyclic) bond motifs is 1. The van der Waals surface area contributed by atoms with Gasteiger partial charge in [-0.05, 0) is 23.1 Å². The Labute approximate surface area is 62.9 Å². The van der Waals surface area contributed by atoms with Crippen molar-refractivity contribution in [2.24, 2.45) is 0 Å². The second kappa shape index (κ2) is 1.99. The Morgan fingerprint density at radius 2 is 2.10 bits per heavy atom. The van der Waals surface area contributed by atoms with Crippen LogP contribution >= 0.6 is 11.3 Å². The highest BCUT2D eigenvalue weighted by Gasteiger charge is 2.05. The molecule has 0 unspecified atom stereocenters. The molecule has 0 amide bonds. The van der Waals surface area contributed by atoms with Gasteiger partial charge in [-0.1, -0.05) is 6.07 Å². The maximum atomic E-state index is 9.22.